The zero-order valence-corrected chi connectivity index (χ0v) is 17.6. The van der Waals surface area contributed by atoms with E-state index < -0.39 is 17.7 Å². The number of aromatic nitrogens is 2. The molecule has 4 rings (SSSR count). The van der Waals surface area contributed by atoms with Gasteiger partial charge in [-0.1, -0.05) is 22.9 Å². The van der Waals surface area contributed by atoms with E-state index in [2.05, 4.69) is 15.0 Å². The standard InChI is InChI=1S/C20H15ClF3N3O3S/c1-19(7-6-14(28)13-3-2-8-27(13)19)17(29)26-18-25-10-16(31-18)11-4-5-15(12(21)9-11)30-20(22,23)24/h2-5,8-10H,6-7H2,1H3,(H,25,26,29). The van der Waals surface area contributed by atoms with Crippen LogP contribution in [0.5, 0.6) is 5.75 Å². The molecular weight excluding hydrogens is 455 g/mol. The zero-order chi connectivity index (χ0) is 22.4. The van der Waals surface area contributed by atoms with Gasteiger partial charge >= 0.3 is 6.36 Å². The van der Waals surface area contributed by atoms with E-state index in [0.29, 0.717) is 27.7 Å². The number of carbonyl (C=O) groups excluding carboxylic acids is 2. The average Bonchev–Trinajstić information content (AvgIpc) is 3.36. The summed E-state index contributed by atoms with van der Waals surface area (Å²) in [5, 5.41) is 2.89. The predicted octanol–water partition coefficient (Wildman–Crippen LogP) is 5.49. The highest BCUT2D eigenvalue weighted by molar-refractivity contribution is 7.19. The Bertz CT molecular complexity index is 1170. The topological polar surface area (TPSA) is 73.2 Å². The average molecular weight is 470 g/mol. The molecule has 3 aromatic rings. The third kappa shape index (κ3) is 4.17. The summed E-state index contributed by atoms with van der Waals surface area (Å²) in [5.41, 5.74) is 0.0672. The lowest BCUT2D eigenvalue weighted by atomic mass is 9.88. The van der Waals surface area contributed by atoms with Crippen LogP contribution in [0.2, 0.25) is 5.02 Å². The third-order valence-electron chi connectivity index (χ3n) is 5.06. The monoisotopic (exact) mass is 469 g/mol. The number of hydrogen-bond acceptors (Lipinski definition) is 5. The molecule has 0 aliphatic carbocycles. The number of thiazole rings is 1. The van der Waals surface area contributed by atoms with Crippen molar-refractivity contribution in [1.82, 2.24) is 9.55 Å². The lowest BCUT2D eigenvalue weighted by molar-refractivity contribution is -0.274. The van der Waals surface area contributed by atoms with E-state index in [1.165, 1.54) is 18.3 Å². The van der Waals surface area contributed by atoms with Crippen LogP contribution in [0.3, 0.4) is 0 Å². The molecule has 0 bridgehead atoms. The van der Waals surface area contributed by atoms with Gasteiger partial charge in [0.2, 0.25) is 0 Å². The first-order valence-electron chi connectivity index (χ1n) is 9.11. The Morgan fingerprint density at radius 2 is 2.13 bits per heavy atom. The largest absolute Gasteiger partial charge is 0.573 e. The van der Waals surface area contributed by atoms with Gasteiger partial charge in [0.25, 0.3) is 5.91 Å². The van der Waals surface area contributed by atoms with E-state index in [1.54, 1.807) is 29.8 Å². The van der Waals surface area contributed by atoms with Crippen molar-refractivity contribution in [2.75, 3.05) is 5.32 Å². The van der Waals surface area contributed by atoms with Crippen molar-refractivity contribution >= 4 is 39.8 Å². The van der Waals surface area contributed by atoms with Gasteiger partial charge in [0.05, 0.1) is 15.6 Å². The van der Waals surface area contributed by atoms with E-state index >= 15 is 0 Å². The molecule has 0 radical (unpaired) electrons. The predicted molar refractivity (Wildman–Crippen MR) is 110 cm³/mol. The van der Waals surface area contributed by atoms with Crippen LogP contribution in [0.4, 0.5) is 18.3 Å². The van der Waals surface area contributed by atoms with Gasteiger partial charge in [0, 0.05) is 18.8 Å². The molecule has 1 N–H and O–H groups in total. The highest BCUT2D eigenvalue weighted by Gasteiger charge is 2.41. The number of alkyl halides is 3. The van der Waals surface area contributed by atoms with E-state index in [4.69, 9.17) is 11.6 Å². The molecule has 0 fully saturated rings. The Labute approximate surface area is 183 Å². The molecule has 1 unspecified atom stereocenters. The SMILES string of the molecule is CC1(C(=O)Nc2ncc(-c3ccc(OC(F)(F)F)c(Cl)c3)s2)CCC(=O)c2cccn21. The molecule has 0 spiro atoms. The van der Waals surface area contributed by atoms with Crippen molar-refractivity contribution in [3.8, 4) is 16.2 Å². The smallest absolute Gasteiger partial charge is 0.404 e. The van der Waals surface area contributed by atoms with Crippen LogP contribution in [-0.2, 0) is 10.3 Å². The molecule has 162 valence electrons. The van der Waals surface area contributed by atoms with Crippen molar-refractivity contribution in [2.45, 2.75) is 31.7 Å². The highest BCUT2D eigenvalue weighted by atomic mass is 35.5. The molecule has 1 amide bonds. The molecule has 11 heteroatoms. The molecule has 31 heavy (non-hydrogen) atoms. The molecule has 6 nitrogen and oxygen atoms in total. The summed E-state index contributed by atoms with van der Waals surface area (Å²) >= 11 is 7.05. The summed E-state index contributed by atoms with van der Waals surface area (Å²) in [4.78, 5) is 29.9. The first kappa shape index (κ1) is 21.4. The van der Waals surface area contributed by atoms with Crippen LogP contribution in [0, 0.1) is 0 Å². The fourth-order valence-corrected chi connectivity index (χ4v) is 4.45. The molecule has 3 heterocycles. The molecule has 0 saturated heterocycles. The number of hydrogen-bond donors (Lipinski definition) is 1. The van der Waals surface area contributed by atoms with Crippen molar-refractivity contribution in [1.29, 1.82) is 0 Å². The van der Waals surface area contributed by atoms with Gasteiger partial charge in [-0.15, -0.1) is 13.2 Å². The van der Waals surface area contributed by atoms with Crippen LogP contribution >= 0.6 is 22.9 Å². The first-order chi connectivity index (χ1) is 14.6. The van der Waals surface area contributed by atoms with E-state index in [9.17, 15) is 22.8 Å². The summed E-state index contributed by atoms with van der Waals surface area (Å²) in [6.07, 6.45) is -1.03. The third-order valence-corrected chi connectivity index (χ3v) is 6.32. The summed E-state index contributed by atoms with van der Waals surface area (Å²) in [6.45, 7) is 1.76. The number of halogens is 4. The molecule has 2 aromatic heterocycles. The molecule has 1 aliphatic rings. The zero-order valence-electron chi connectivity index (χ0n) is 16.0. The Hall–Kier alpha value is -2.85. The van der Waals surface area contributed by atoms with Crippen LogP contribution in [0.15, 0.2) is 42.7 Å². The molecule has 1 aromatic carbocycles. The Balaban J connectivity index is 1.53. The number of ketones is 1. The van der Waals surface area contributed by atoms with Gasteiger partial charge in [-0.25, -0.2) is 4.98 Å². The number of carbonyl (C=O) groups is 2. The maximum absolute atomic E-state index is 13.0. The van der Waals surface area contributed by atoms with Gasteiger partial charge in [-0.05, 0) is 49.2 Å². The van der Waals surface area contributed by atoms with Crippen molar-refractivity contribution in [3.05, 3.63) is 53.4 Å². The molecule has 1 aliphatic heterocycles. The van der Waals surface area contributed by atoms with Gasteiger partial charge in [0.15, 0.2) is 10.9 Å². The number of fused-ring (bicyclic) bond motifs is 1. The number of rotatable bonds is 4. The number of ether oxygens (including phenoxy) is 1. The second-order valence-electron chi connectivity index (χ2n) is 7.14. The fourth-order valence-electron chi connectivity index (χ4n) is 3.43. The first-order valence-corrected chi connectivity index (χ1v) is 10.3. The number of anilines is 1. The van der Waals surface area contributed by atoms with E-state index in [0.717, 1.165) is 17.4 Å². The summed E-state index contributed by atoms with van der Waals surface area (Å²) in [6, 6.07) is 7.29. The highest BCUT2D eigenvalue weighted by Crippen LogP contribution is 2.37. The number of nitrogens with one attached hydrogen (secondary N) is 1. The number of amides is 1. The quantitative estimate of drug-likeness (QED) is 0.548. The van der Waals surface area contributed by atoms with Crippen LogP contribution in [-0.4, -0.2) is 27.6 Å². The summed E-state index contributed by atoms with van der Waals surface area (Å²) < 4.78 is 42.7. The molecule has 0 saturated carbocycles. The normalized spacial score (nSPS) is 18.5. The van der Waals surface area contributed by atoms with Crippen LogP contribution < -0.4 is 10.1 Å². The minimum atomic E-state index is -4.84. The van der Waals surface area contributed by atoms with Gasteiger partial charge in [0.1, 0.15) is 11.3 Å². The van der Waals surface area contributed by atoms with Crippen LogP contribution in [0.1, 0.15) is 30.3 Å². The lowest BCUT2D eigenvalue weighted by Crippen LogP contribution is -2.46. The minimum absolute atomic E-state index is 0.0124. The van der Waals surface area contributed by atoms with Gasteiger partial charge < -0.3 is 9.30 Å². The van der Waals surface area contributed by atoms with Gasteiger partial charge in [-0.2, -0.15) is 0 Å². The summed E-state index contributed by atoms with van der Waals surface area (Å²) in [7, 11) is 0. The summed E-state index contributed by atoms with van der Waals surface area (Å²) in [5.74, 6) is -0.829. The number of Topliss-reactive ketones (excluding diaryl/α,β-unsaturated/α-hetero) is 1. The van der Waals surface area contributed by atoms with Gasteiger partial charge in [-0.3, -0.25) is 14.9 Å². The van der Waals surface area contributed by atoms with E-state index in [1.807, 2.05) is 0 Å². The van der Waals surface area contributed by atoms with Crippen molar-refractivity contribution in [3.63, 3.8) is 0 Å². The number of benzene rings is 1. The lowest BCUT2D eigenvalue weighted by Gasteiger charge is -2.34. The maximum atomic E-state index is 13.0. The van der Waals surface area contributed by atoms with Crippen LogP contribution in [0.25, 0.3) is 10.4 Å². The second kappa shape index (κ2) is 7.69. The maximum Gasteiger partial charge on any atom is 0.573 e. The van der Waals surface area contributed by atoms with Crippen molar-refractivity contribution in [2.24, 2.45) is 0 Å². The minimum Gasteiger partial charge on any atom is -0.404 e. The Kier molecular flexibility index (Phi) is 5.30. The Morgan fingerprint density at radius 1 is 1.35 bits per heavy atom. The Morgan fingerprint density at radius 3 is 2.84 bits per heavy atom. The fraction of sp³-hybridized carbons (Fsp3) is 0.250. The van der Waals surface area contributed by atoms with Crippen molar-refractivity contribution < 1.29 is 27.5 Å². The molecular formula is C20H15ClF3N3O3S. The second-order valence-corrected chi connectivity index (χ2v) is 8.58. The number of nitrogens with zero attached hydrogens (tertiary/aromatic N) is 2. The molecule has 1 atom stereocenters. The van der Waals surface area contributed by atoms with E-state index in [-0.39, 0.29) is 23.1 Å².